The molecule has 56 heavy (non-hydrogen) atoms. The van der Waals surface area contributed by atoms with Crippen LogP contribution < -0.4 is 0 Å². The molecule has 1 heterocycles. The third-order valence-electron chi connectivity index (χ3n) is 11.2. The monoisotopic (exact) mass is 710 g/mol. The van der Waals surface area contributed by atoms with Gasteiger partial charge in [0.15, 0.2) is 5.82 Å². The van der Waals surface area contributed by atoms with E-state index in [9.17, 15) is 0 Å². The first-order chi connectivity index (χ1) is 27.7. The van der Waals surface area contributed by atoms with Gasteiger partial charge in [-0.05, 0) is 106 Å². The maximum Gasteiger partial charge on any atom is 0.160 e. The summed E-state index contributed by atoms with van der Waals surface area (Å²) in [7, 11) is 0. The summed E-state index contributed by atoms with van der Waals surface area (Å²) in [6, 6.07) is 74.2. The Labute approximate surface area is 325 Å². The summed E-state index contributed by atoms with van der Waals surface area (Å²) < 4.78 is 0. The van der Waals surface area contributed by atoms with Crippen molar-refractivity contribution in [1.29, 1.82) is 0 Å². The molecule has 11 aromatic rings. The van der Waals surface area contributed by atoms with Crippen molar-refractivity contribution in [3.63, 3.8) is 0 Å². The van der Waals surface area contributed by atoms with Crippen LogP contribution >= 0.6 is 0 Å². The molecular formula is C54H34N2. The zero-order valence-electron chi connectivity index (χ0n) is 30.5. The second-order valence-corrected chi connectivity index (χ2v) is 14.6. The van der Waals surface area contributed by atoms with E-state index in [1.54, 1.807) is 0 Å². The molecule has 0 saturated carbocycles. The van der Waals surface area contributed by atoms with E-state index in [2.05, 4.69) is 188 Å². The van der Waals surface area contributed by atoms with Crippen molar-refractivity contribution in [2.45, 2.75) is 0 Å². The molecule has 2 heteroatoms. The number of fused-ring (bicyclic) bond motifs is 6. The van der Waals surface area contributed by atoms with Crippen LogP contribution in [-0.2, 0) is 0 Å². The van der Waals surface area contributed by atoms with Crippen LogP contribution in [-0.4, -0.2) is 9.97 Å². The van der Waals surface area contributed by atoms with Gasteiger partial charge in [0.2, 0.25) is 0 Å². The third kappa shape index (κ3) is 5.59. The molecule has 0 aliphatic heterocycles. The lowest BCUT2D eigenvalue weighted by Gasteiger charge is -2.14. The van der Waals surface area contributed by atoms with Gasteiger partial charge in [0.05, 0.1) is 11.4 Å². The lowest BCUT2D eigenvalue weighted by molar-refractivity contribution is 1.18. The molecule has 0 fully saturated rings. The van der Waals surface area contributed by atoms with Gasteiger partial charge in [0, 0.05) is 16.7 Å². The average molecular weight is 711 g/mol. The number of aromatic nitrogens is 2. The molecule has 0 atom stereocenters. The predicted octanol–water partition coefficient (Wildman–Crippen LogP) is 14.6. The molecule has 0 amide bonds. The molecule has 0 spiro atoms. The van der Waals surface area contributed by atoms with Crippen LogP contribution in [0.3, 0.4) is 0 Å². The van der Waals surface area contributed by atoms with E-state index < -0.39 is 0 Å². The van der Waals surface area contributed by atoms with E-state index in [4.69, 9.17) is 9.97 Å². The Morgan fingerprint density at radius 1 is 0.232 bits per heavy atom. The van der Waals surface area contributed by atoms with Crippen molar-refractivity contribution in [3.8, 4) is 56.2 Å². The molecule has 260 valence electrons. The summed E-state index contributed by atoms with van der Waals surface area (Å²) in [5.74, 6) is 0.718. The highest BCUT2D eigenvalue weighted by Crippen LogP contribution is 2.40. The minimum Gasteiger partial charge on any atom is -0.228 e. The third-order valence-corrected chi connectivity index (χ3v) is 11.2. The number of rotatable bonds is 5. The quantitative estimate of drug-likeness (QED) is 0.131. The van der Waals surface area contributed by atoms with Crippen molar-refractivity contribution < 1.29 is 0 Å². The molecule has 0 unspecified atom stereocenters. The first kappa shape index (κ1) is 32.0. The standard InChI is InChI=1S/C54H34N2/c1-2-12-39(13-3-1)54-55-51(45-26-20-35-10-4-5-14-40(35)31-45)34-52(56-54)46-27-25-42-30-41(23-24-43(42)32-46)36-18-21-38(22-19-36)53-48-17-9-7-15-44(48)33-50-47-16-8-6-11-37(47)28-29-49(50)53/h1-34H. The molecule has 0 N–H and O–H groups in total. The van der Waals surface area contributed by atoms with Crippen LogP contribution in [0.1, 0.15) is 0 Å². The zero-order valence-corrected chi connectivity index (χ0v) is 30.5. The van der Waals surface area contributed by atoms with Gasteiger partial charge < -0.3 is 0 Å². The molecule has 1 aromatic heterocycles. The Hall–Kier alpha value is -7.42. The Morgan fingerprint density at radius 2 is 0.732 bits per heavy atom. The normalized spacial score (nSPS) is 11.6. The summed E-state index contributed by atoms with van der Waals surface area (Å²) in [5.41, 5.74) is 9.82. The largest absolute Gasteiger partial charge is 0.228 e. The van der Waals surface area contributed by atoms with Crippen LogP contribution in [0.4, 0.5) is 0 Å². The average Bonchev–Trinajstić information content (AvgIpc) is 3.28. The highest BCUT2D eigenvalue weighted by Gasteiger charge is 2.14. The fraction of sp³-hybridized carbons (Fsp3) is 0. The van der Waals surface area contributed by atoms with Gasteiger partial charge in [-0.1, -0.05) is 176 Å². The minimum atomic E-state index is 0.718. The van der Waals surface area contributed by atoms with E-state index in [-0.39, 0.29) is 0 Å². The Morgan fingerprint density at radius 3 is 1.46 bits per heavy atom. The lowest BCUT2D eigenvalue weighted by Crippen LogP contribution is -1.96. The lowest BCUT2D eigenvalue weighted by atomic mass is 9.89. The van der Waals surface area contributed by atoms with Gasteiger partial charge in [-0.3, -0.25) is 0 Å². The molecule has 11 rings (SSSR count). The Kier molecular flexibility index (Phi) is 7.53. The van der Waals surface area contributed by atoms with Crippen LogP contribution in [0.2, 0.25) is 0 Å². The molecule has 10 aromatic carbocycles. The van der Waals surface area contributed by atoms with Crippen molar-refractivity contribution in [1.82, 2.24) is 9.97 Å². The van der Waals surface area contributed by atoms with Gasteiger partial charge in [-0.2, -0.15) is 0 Å². The van der Waals surface area contributed by atoms with Crippen LogP contribution in [0.15, 0.2) is 206 Å². The van der Waals surface area contributed by atoms with Crippen molar-refractivity contribution in [2.24, 2.45) is 0 Å². The topological polar surface area (TPSA) is 25.8 Å². The molecular weight excluding hydrogens is 677 g/mol. The molecule has 0 radical (unpaired) electrons. The van der Waals surface area contributed by atoms with Crippen molar-refractivity contribution in [3.05, 3.63) is 206 Å². The summed E-state index contributed by atoms with van der Waals surface area (Å²) in [5, 5.41) is 12.4. The Balaban J connectivity index is 0.962. The van der Waals surface area contributed by atoms with E-state index in [0.717, 1.165) is 33.9 Å². The first-order valence-electron chi connectivity index (χ1n) is 19.1. The second kappa shape index (κ2) is 13.2. The van der Waals surface area contributed by atoms with Gasteiger partial charge >= 0.3 is 0 Å². The summed E-state index contributed by atoms with van der Waals surface area (Å²) >= 11 is 0. The van der Waals surface area contributed by atoms with Gasteiger partial charge in [-0.25, -0.2) is 9.97 Å². The fourth-order valence-electron chi connectivity index (χ4n) is 8.35. The minimum absolute atomic E-state index is 0.718. The molecule has 0 saturated heterocycles. The van der Waals surface area contributed by atoms with Crippen molar-refractivity contribution in [2.75, 3.05) is 0 Å². The van der Waals surface area contributed by atoms with Gasteiger partial charge in [0.25, 0.3) is 0 Å². The fourth-order valence-corrected chi connectivity index (χ4v) is 8.35. The molecule has 0 aliphatic rings. The predicted molar refractivity (Wildman–Crippen MR) is 237 cm³/mol. The van der Waals surface area contributed by atoms with E-state index >= 15 is 0 Å². The second-order valence-electron chi connectivity index (χ2n) is 14.6. The summed E-state index contributed by atoms with van der Waals surface area (Å²) in [6.07, 6.45) is 0. The first-order valence-corrected chi connectivity index (χ1v) is 19.1. The van der Waals surface area contributed by atoms with Crippen LogP contribution in [0.5, 0.6) is 0 Å². The van der Waals surface area contributed by atoms with E-state index in [1.807, 2.05) is 18.2 Å². The van der Waals surface area contributed by atoms with Crippen LogP contribution in [0.25, 0.3) is 110 Å². The molecule has 2 nitrogen and oxygen atoms in total. The molecule has 0 aliphatic carbocycles. The van der Waals surface area contributed by atoms with Crippen molar-refractivity contribution >= 4 is 53.9 Å². The zero-order chi connectivity index (χ0) is 37.0. The highest BCUT2D eigenvalue weighted by atomic mass is 14.9. The maximum absolute atomic E-state index is 5.11. The van der Waals surface area contributed by atoms with Crippen LogP contribution in [0, 0.1) is 0 Å². The number of benzene rings is 10. The Bertz CT molecular complexity index is 3290. The molecule has 0 bridgehead atoms. The number of hydrogen-bond donors (Lipinski definition) is 0. The number of nitrogens with zero attached hydrogens (tertiary/aromatic N) is 2. The van der Waals surface area contributed by atoms with Gasteiger partial charge in [-0.15, -0.1) is 0 Å². The highest BCUT2D eigenvalue weighted by molar-refractivity contribution is 6.20. The smallest absolute Gasteiger partial charge is 0.160 e. The summed E-state index contributed by atoms with van der Waals surface area (Å²) in [6.45, 7) is 0. The van der Waals surface area contributed by atoms with Gasteiger partial charge in [0.1, 0.15) is 0 Å². The van der Waals surface area contributed by atoms with E-state index in [1.165, 1.54) is 76.1 Å². The van der Waals surface area contributed by atoms with E-state index in [0.29, 0.717) is 0 Å². The summed E-state index contributed by atoms with van der Waals surface area (Å²) in [4.78, 5) is 10.2. The SMILES string of the molecule is c1ccc(-c2nc(-c3ccc4ccccc4c3)cc(-c3ccc4cc(-c5ccc(-c6c7ccccc7cc7c6ccc6ccccc67)cc5)ccc4c3)n2)cc1. The maximum atomic E-state index is 5.11. The number of hydrogen-bond acceptors (Lipinski definition) is 2.